The van der Waals surface area contributed by atoms with E-state index in [0.717, 1.165) is 27.5 Å². The number of benzene rings is 4. The normalized spacial score (nSPS) is 10.2. The number of rotatable bonds is 6. The molecule has 170 valence electrons. The summed E-state index contributed by atoms with van der Waals surface area (Å²) in [5.74, 6) is 5.72. The average molecular weight is 459 g/mol. The molecule has 0 spiro atoms. The zero-order valence-corrected chi connectivity index (χ0v) is 19.2. The van der Waals surface area contributed by atoms with Gasteiger partial charge in [0.05, 0.1) is 12.0 Å². The second-order valence-corrected chi connectivity index (χ2v) is 7.97. The highest BCUT2D eigenvalue weighted by molar-refractivity contribution is 5.97. The summed E-state index contributed by atoms with van der Waals surface area (Å²) >= 11 is 0. The predicted molar refractivity (Wildman–Crippen MR) is 137 cm³/mol. The van der Waals surface area contributed by atoms with Gasteiger partial charge in [0, 0.05) is 11.1 Å². The molecule has 0 aromatic heterocycles. The molecule has 0 saturated heterocycles. The number of ketones is 2. The second-order valence-electron chi connectivity index (χ2n) is 7.97. The van der Waals surface area contributed by atoms with Crippen molar-refractivity contribution in [2.75, 3.05) is 0 Å². The molecule has 0 unspecified atom stereocenters. The highest BCUT2D eigenvalue weighted by Gasteiger charge is 2.10. The van der Waals surface area contributed by atoms with Crippen LogP contribution in [0.2, 0.25) is 0 Å². The monoisotopic (exact) mass is 458 g/mol. The minimum absolute atomic E-state index is 0.0264. The van der Waals surface area contributed by atoms with Gasteiger partial charge in [-0.1, -0.05) is 67.0 Å². The van der Waals surface area contributed by atoms with E-state index in [4.69, 9.17) is 4.74 Å². The molecule has 0 radical (unpaired) electrons. The highest BCUT2D eigenvalue weighted by Crippen LogP contribution is 2.24. The summed E-state index contributed by atoms with van der Waals surface area (Å²) in [6.07, 6.45) is 1.40. The van der Waals surface area contributed by atoms with Crippen LogP contribution in [0.5, 0.6) is 5.75 Å². The van der Waals surface area contributed by atoms with Crippen LogP contribution in [0.4, 0.5) is 0 Å². The molecule has 0 saturated carbocycles. The topological polar surface area (TPSA) is 60.4 Å². The summed E-state index contributed by atoms with van der Waals surface area (Å²) in [5, 5.41) is 1.82. The first-order valence-electron chi connectivity index (χ1n) is 11.0. The summed E-state index contributed by atoms with van der Waals surface area (Å²) < 4.78 is 5.55. The van der Waals surface area contributed by atoms with E-state index in [-0.39, 0.29) is 18.0 Å². The van der Waals surface area contributed by atoms with Crippen LogP contribution in [0.3, 0.4) is 0 Å². The van der Waals surface area contributed by atoms with Gasteiger partial charge in [0.15, 0.2) is 11.6 Å². The maximum absolute atomic E-state index is 12.7. The van der Waals surface area contributed by atoms with Gasteiger partial charge in [-0.2, -0.15) is 0 Å². The van der Waals surface area contributed by atoms with E-state index >= 15 is 0 Å². The van der Waals surface area contributed by atoms with Crippen molar-refractivity contribution >= 4 is 28.3 Å². The predicted octanol–water partition coefficient (Wildman–Crippen LogP) is 6.43. The molecule has 0 amide bonds. The van der Waals surface area contributed by atoms with E-state index < -0.39 is 5.97 Å². The van der Waals surface area contributed by atoms with Gasteiger partial charge >= 0.3 is 5.97 Å². The molecular formula is C31H22O4. The Morgan fingerprint density at radius 3 is 2.06 bits per heavy atom. The van der Waals surface area contributed by atoms with Crippen molar-refractivity contribution in [3.63, 3.8) is 0 Å². The van der Waals surface area contributed by atoms with Crippen LogP contribution in [0, 0.1) is 11.8 Å². The molecule has 35 heavy (non-hydrogen) atoms. The number of fused-ring (bicyclic) bond motifs is 1. The van der Waals surface area contributed by atoms with Crippen LogP contribution in [-0.2, 0) is 4.79 Å². The van der Waals surface area contributed by atoms with E-state index in [1.807, 2.05) is 48.5 Å². The molecule has 0 N–H and O–H groups in total. The van der Waals surface area contributed by atoms with Crippen molar-refractivity contribution < 1.29 is 19.1 Å². The molecule has 0 aliphatic heterocycles. The van der Waals surface area contributed by atoms with Gasteiger partial charge in [-0.25, -0.2) is 4.79 Å². The SMILES string of the molecule is C=CC(=O)CC#Cc1ccc2cc(C(=O)Oc3ccc(-c4ccc(C(C)=O)cc4)cc3)ccc2c1. The molecule has 4 aromatic carbocycles. The Hall–Kier alpha value is -4.75. The molecular weight excluding hydrogens is 436 g/mol. The largest absolute Gasteiger partial charge is 0.423 e. The van der Waals surface area contributed by atoms with Crippen molar-refractivity contribution in [1.29, 1.82) is 0 Å². The lowest BCUT2D eigenvalue weighted by molar-refractivity contribution is -0.113. The third-order valence-corrected chi connectivity index (χ3v) is 5.49. The van der Waals surface area contributed by atoms with Gasteiger partial charge in [0.25, 0.3) is 0 Å². The fourth-order valence-corrected chi connectivity index (χ4v) is 3.53. The van der Waals surface area contributed by atoms with Crippen LogP contribution >= 0.6 is 0 Å². The zero-order valence-electron chi connectivity index (χ0n) is 19.2. The third kappa shape index (κ3) is 5.79. The van der Waals surface area contributed by atoms with E-state index in [1.165, 1.54) is 13.0 Å². The number of carbonyl (C=O) groups is 3. The molecule has 0 aliphatic carbocycles. The molecule has 4 rings (SSSR count). The first-order valence-corrected chi connectivity index (χ1v) is 11.0. The Bertz CT molecular complexity index is 1500. The molecule has 0 aliphatic rings. The molecule has 4 heteroatoms. The van der Waals surface area contributed by atoms with Crippen LogP contribution < -0.4 is 4.74 Å². The number of esters is 1. The number of carbonyl (C=O) groups excluding carboxylic acids is 3. The van der Waals surface area contributed by atoms with Crippen LogP contribution in [-0.4, -0.2) is 17.5 Å². The number of ether oxygens (including phenoxy) is 1. The van der Waals surface area contributed by atoms with Crippen LogP contribution in [0.25, 0.3) is 21.9 Å². The number of hydrogen-bond donors (Lipinski definition) is 0. The average Bonchev–Trinajstić information content (AvgIpc) is 2.88. The molecule has 0 heterocycles. The zero-order chi connectivity index (χ0) is 24.8. The van der Waals surface area contributed by atoms with Crippen molar-refractivity contribution in [2.45, 2.75) is 13.3 Å². The Kier molecular flexibility index (Phi) is 6.99. The molecule has 4 aromatic rings. The fraction of sp³-hybridized carbons (Fsp3) is 0.0645. The Morgan fingerprint density at radius 1 is 0.800 bits per heavy atom. The minimum atomic E-state index is -0.447. The summed E-state index contributed by atoms with van der Waals surface area (Å²) in [6, 6.07) is 25.6. The quantitative estimate of drug-likeness (QED) is 0.110. The molecule has 0 fully saturated rings. The molecule has 4 nitrogen and oxygen atoms in total. The van der Waals surface area contributed by atoms with Gasteiger partial charge in [0.2, 0.25) is 0 Å². The maximum Gasteiger partial charge on any atom is 0.343 e. The molecule has 0 atom stereocenters. The van der Waals surface area contributed by atoms with Gasteiger partial charge < -0.3 is 4.74 Å². The highest BCUT2D eigenvalue weighted by atomic mass is 16.5. The van der Waals surface area contributed by atoms with Crippen LogP contribution in [0.1, 0.15) is 39.6 Å². The van der Waals surface area contributed by atoms with Gasteiger partial charge in [-0.3, -0.25) is 9.59 Å². The number of hydrogen-bond acceptors (Lipinski definition) is 4. The molecule has 0 bridgehead atoms. The van der Waals surface area contributed by atoms with E-state index in [9.17, 15) is 14.4 Å². The Morgan fingerprint density at radius 2 is 1.40 bits per heavy atom. The van der Waals surface area contributed by atoms with Crippen molar-refractivity contribution in [1.82, 2.24) is 0 Å². The fourth-order valence-electron chi connectivity index (χ4n) is 3.53. The summed E-state index contributed by atoms with van der Waals surface area (Å²) in [7, 11) is 0. The maximum atomic E-state index is 12.7. The lowest BCUT2D eigenvalue weighted by atomic mass is 10.0. The Balaban J connectivity index is 1.45. The lowest BCUT2D eigenvalue weighted by Gasteiger charge is -2.08. The minimum Gasteiger partial charge on any atom is -0.423 e. The van der Waals surface area contributed by atoms with Crippen molar-refractivity contribution in [2.24, 2.45) is 0 Å². The van der Waals surface area contributed by atoms with E-state index in [0.29, 0.717) is 16.9 Å². The standard InChI is InChI=1S/C31H22O4/c1-3-29(33)6-4-5-22-7-8-27-20-28(14-13-26(27)19-22)31(34)35-30-17-15-25(16-18-30)24-11-9-23(10-12-24)21(2)32/h3,7-20H,1,6H2,2H3. The first kappa shape index (κ1) is 23.4. The summed E-state index contributed by atoms with van der Waals surface area (Å²) in [4.78, 5) is 35.4. The van der Waals surface area contributed by atoms with Crippen molar-refractivity contribution in [3.05, 3.63) is 114 Å². The van der Waals surface area contributed by atoms with Gasteiger partial charge in [-0.05, 0) is 71.3 Å². The van der Waals surface area contributed by atoms with Gasteiger partial charge in [-0.15, -0.1) is 0 Å². The Labute approximate surface area is 203 Å². The number of allylic oxidation sites excluding steroid dienone is 1. The van der Waals surface area contributed by atoms with Gasteiger partial charge in [0.1, 0.15) is 5.75 Å². The van der Waals surface area contributed by atoms with Crippen molar-refractivity contribution in [3.8, 4) is 28.7 Å². The first-order chi connectivity index (χ1) is 16.9. The van der Waals surface area contributed by atoms with E-state index in [1.54, 1.807) is 36.4 Å². The number of Topliss-reactive ketones (excluding diaryl/α,β-unsaturated/α-hetero) is 1. The lowest BCUT2D eigenvalue weighted by Crippen LogP contribution is -2.08. The summed E-state index contributed by atoms with van der Waals surface area (Å²) in [5.41, 5.74) is 3.83. The van der Waals surface area contributed by atoms with Crippen LogP contribution in [0.15, 0.2) is 97.6 Å². The smallest absolute Gasteiger partial charge is 0.343 e. The second kappa shape index (κ2) is 10.5. The van der Waals surface area contributed by atoms with E-state index in [2.05, 4.69) is 18.4 Å². The summed E-state index contributed by atoms with van der Waals surface area (Å²) in [6.45, 7) is 4.97. The third-order valence-electron chi connectivity index (χ3n) is 5.49.